The van der Waals surface area contributed by atoms with Gasteiger partial charge in [-0.1, -0.05) is 23.2 Å². The van der Waals surface area contributed by atoms with Crippen molar-refractivity contribution < 1.29 is 4.39 Å². The Morgan fingerprint density at radius 1 is 1.18 bits per heavy atom. The number of hydrogen-bond acceptors (Lipinski definition) is 9. The number of rotatable bonds is 7. The van der Waals surface area contributed by atoms with Crippen molar-refractivity contribution >= 4 is 63.9 Å². The van der Waals surface area contributed by atoms with Crippen molar-refractivity contribution in [1.82, 2.24) is 20.3 Å². The number of nitrogens with zero attached hydrogens (tertiary/aromatic N) is 3. The van der Waals surface area contributed by atoms with Crippen LogP contribution in [0.3, 0.4) is 0 Å². The van der Waals surface area contributed by atoms with E-state index >= 15 is 0 Å². The monoisotopic (exact) mass is 522 g/mol. The van der Waals surface area contributed by atoms with Gasteiger partial charge < -0.3 is 26.7 Å². The lowest BCUT2D eigenvalue weighted by atomic mass is 10.1. The van der Waals surface area contributed by atoms with Crippen LogP contribution >= 0.6 is 35.8 Å². The summed E-state index contributed by atoms with van der Waals surface area (Å²) >= 11 is 17.0. The van der Waals surface area contributed by atoms with E-state index in [4.69, 9.17) is 34.8 Å². The molecular formula is C22H25Cl2FN8S. The normalized spacial score (nSPS) is 15.9. The summed E-state index contributed by atoms with van der Waals surface area (Å²) in [6.45, 7) is 1.85. The Hall–Kier alpha value is -2.50. The van der Waals surface area contributed by atoms with Gasteiger partial charge in [-0.2, -0.15) is 0 Å². The number of anilines is 3. The molecule has 34 heavy (non-hydrogen) atoms. The molecule has 2 heterocycles. The minimum Gasteiger partial charge on any atom is -0.398 e. The molecule has 0 amide bonds. The first-order chi connectivity index (χ1) is 16.3. The molecule has 1 aromatic heterocycles. The van der Waals surface area contributed by atoms with Gasteiger partial charge in [0.05, 0.1) is 21.3 Å². The highest BCUT2D eigenvalue weighted by molar-refractivity contribution is 7.81. The van der Waals surface area contributed by atoms with Crippen LogP contribution < -0.4 is 27.5 Å². The Morgan fingerprint density at radius 3 is 2.65 bits per heavy atom. The van der Waals surface area contributed by atoms with Gasteiger partial charge in [-0.3, -0.25) is 0 Å². The Balaban J connectivity index is 1.56. The molecule has 4 rings (SSSR count). The summed E-state index contributed by atoms with van der Waals surface area (Å²) in [6, 6.07) is 8.11. The molecule has 7 N–H and O–H groups in total. The van der Waals surface area contributed by atoms with Crippen molar-refractivity contribution in [2.24, 2.45) is 11.6 Å². The third kappa shape index (κ3) is 5.76. The summed E-state index contributed by atoms with van der Waals surface area (Å²) < 4.78 is 13.5. The van der Waals surface area contributed by atoms with E-state index < -0.39 is 11.2 Å². The molecule has 0 bridgehead atoms. The topological polar surface area (TPSA) is 117 Å². The Labute approximate surface area is 212 Å². The fourth-order valence-corrected chi connectivity index (χ4v) is 4.38. The predicted molar refractivity (Wildman–Crippen MR) is 140 cm³/mol. The van der Waals surface area contributed by atoms with Crippen molar-refractivity contribution in [3.05, 3.63) is 64.4 Å². The van der Waals surface area contributed by atoms with Crippen LogP contribution in [0.2, 0.25) is 10.0 Å². The summed E-state index contributed by atoms with van der Waals surface area (Å²) in [7, 11) is 0. The first-order valence-electron chi connectivity index (χ1n) is 10.6. The lowest BCUT2D eigenvalue weighted by Crippen LogP contribution is -2.44. The molecule has 0 spiro atoms. The lowest BCUT2D eigenvalue weighted by Gasteiger charge is -2.31. The van der Waals surface area contributed by atoms with Gasteiger partial charge in [-0.15, -0.1) is 12.6 Å². The van der Waals surface area contributed by atoms with Crippen molar-refractivity contribution in [3.8, 4) is 0 Å². The van der Waals surface area contributed by atoms with Gasteiger partial charge in [-0.25, -0.2) is 20.2 Å². The van der Waals surface area contributed by atoms with Crippen molar-refractivity contribution in [3.63, 3.8) is 0 Å². The number of fused-ring (bicyclic) bond motifs is 1. The first-order valence-corrected chi connectivity index (χ1v) is 11.9. The maximum Gasteiger partial charge on any atom is 0.141 e. The second-order valence-electron chi connectivity index (χ2n) is 7.93. The Bertz CT molecular complexity index is 1200. The third-order valence-electron chi connectivity index (χ3n) is 5.52. The number of hydrogen-bond donors (Lipinski definition) is 6. The zero-order valence-electron chi connectivity index (χ0n) is 18.1. The van der Waals surface area contributed by atoms with Gasteiger partial charge >= 0.3 is 0 Å². The molecule has 8 nitrogen and oxygen atoms in total. The molecule has 1 unspecified atom stereocenters. The number of hydrazine groups is 1. The predicted octanol–water partition coefficient (Wildman–Crippen LogP) is 4.21. The molecule has 1 saturated heterocycles. The number of nitrogens with one attached hydrogen (secondary N) is 3. The van der Waals surface area contributed by atoms with E-state index in [0.29, 0.717) is 38.8 Å². The average Bonchev–Trinajstić information content (AvgIpc) is 2.82. The highest BCUT2D eigenvalue weighted by Gasteiger charge is 2.18. The van der Waals surface area contributed by atoms with E-state index in [1.165, 1.54) is 18.5 Å². The number of piperidine rings is 1. The Kier molecular flexibility index (Phi) is 7.84. The van der Waals surface area contributed by atoms with E-state index in [1.54, 1.807) is 23.3 Å². The summed E-state index contributed by atoms with van der Waals surface area (Å²) in [5.74, 6) is 6.18. The minimum absolute atomic E-state index is 0.00219. The molecule has 0 saturated carbocycles. The van der Waals surface area contributed by atoms with E-state index in [1.807, 2.05) is 6.07 Å². The van der Waals surface area contributed by atoms with Crippen LogP contribution in [0.5, 0.6) is 0 Å². The van der Waals surface area contributed by atoms with Gasteiger partial charge in [0.2, 0.25) is 0 Å². The fraction of sp³-hybridized carbons (Fsp3) is 0.273. The van der Waals surface area contributed by atoms with Crippen LogP contribution in [0.1, 0.15) is 12.8 Å². The summed E-state index contributed by atoms with van der Waals surface area (Å²) in [6.07, 6.45) is 4.99. The number of nitrogens with two attached hydrogens (primary N) is 2. The molecule has 0 radical (unpaired) electrons. The number of aromatic nitrogens is 2. The zero-order valence-corrected chi connectivity index (χ0v) is 20.5. The zero-order chi connectivity index (χ0) is 24.2. The van der Waals surface area contributed by atoms with Gasteiger partial charge in [0.1, 0.15) is 23.3 Å². The molecule has 1 atom stereocenters. The number of halogens is 3. The van der Waals surface area contributed by atoms with Crippen molar-refractivity contribution in [2.75, 3.05) is 23.7 Å². The second-order valence-corrected chi connectivity index (χ2v) is 9.27. The summed E-state index contributed by atoms with van der Waals surface area (Å²) in [5, 5.41) is 11.9. The van der Waals surface area contributed by atoms with E-state index in [-0.39, 0.29) is 11.1 Å². The minimum atomic E-state index is -0.516. The van der Waals surface area contributed by atoms with Crippen LogP contribution in [0.4, 0.5) is 21.6 Å². The maximum absolute atomic E-state index is 13.5. The van der Waals surface area contributed by atoms with Gasteiger partial charge in [-0.05, 0) is 56.3 Å². The molecule has 2 aromatic carbocycles. The van der Waals surface area contributed by atoms with Crippen molar-refractivity contribution in [2.45, 2.75) is 24.3 Å². The van der Waals surface area contributed by atoms with Crippen LogP contribution in [0, 0.1) is 5.82 Å². The second kappa shape index (κ2) is 10.8. The fourth-order valence-electron chi connectivity index (χ4n) is 3.71. The van der Waals surface area contributed by atoms with Crippen LogP contribution in [0.15, 0.2) is 48.6 Å². The molecule has 0 aliphatic carbocycles. The molecule has 3 aromatic rings. The SMILES string of the molecule is N/C(=C\N(N)C1CCNCC1)C(S)Nc1cc(Cl)c2ncnc(Nc3ccc(F)c(Cl)c3)c2c1. The summed E-state index contributed by atoms with van der Waals surface area (Å²) in [5.41, 5.74) is 8.50. The molecule has 1 aliphatic rings. The van der Waals surface area contributed by atoms with Crippen LogP contribution in [-0.2, 0) is 0 Å². The third-order valence-corrected chi connectivity index (χ3v) is 6.53. The molecule has 180 valence electrons. The highest BCUT2D eigenvalue weighted by Crippen LogP contribution is 2.32. The quantitative estimate of drug-likeness (QED) is 0.118. The molecule has 1 aliphatic heterocycles. The number of thiol groups is 1. The van der Waals surface area contributed by atoms with Gasteiger partial charge in [0.25, 0.3) is 0 Å². The average molecular weight is 523 g/mol. The molecular weight excluding hydrogens is 498 g/mol. The highest BCUT2D eigenvalue weighted by atomic mass is 35.5. The van der Waals surface area contributed by atoms with Gasteiger partial charge in [0.15, 0.2) is 0 Å². The largest absolute Gasteiger partial charge is 0.398 e. The number of benzene rings is 2. The summed E-state index contributed by atoms with van der Waals surface area (Å²) in [4.78, 5) is 8.59. The smallest absolute Gasteiger partial charge is 0.141 e. The van der Waals surface area contributed by atoms with E-state index in [2.05, 4.69) is 38.5 Å². The van der Waals surface area contributed by atoms with Crippen LogP contribution in [0.25, 0.3) is 10.9 Å². The maximum atomic E-state index is 13.5. The van der Waals surface area contributed by atoms with E-state index in [9.17, 15) is 4.39 Å². The van der Waals surface area contributed by atoms with Crippen molar-refractivity contribution in [1.29, 1.82) is 0 Å². The van der Waals surface area contributed by atoms with Gasteiger partial charge in [0, 0.05) is 29.0 Å². The molecule has 1 fully saturated rings. The lowest BCUT2D eigenvalue weighted by molar-refractivity contribution is 0.229. The Morgan fingerprint density at radius 2 is 1.91 bits per heavy atom. The van der Waals surface area contributed by atoms with E-state index in [0.717, 1.165) is 25.9 Å². The van der Waals surface area contributed by atoms with Crippen LogP contribution in [-0.4, -0.2) is 39.5 Å². The standard InChI is InChI=1S/C22H25Cl2FN8S/c23-16-8-12(1-2-18(16)25)31-21-15-7-13(9-17(24)20(15)29-11-30-21)32-22(34)19(26)10-33(27)14-3-5-28-6-4-14/h1-2,7-11,14,22,28,32,34H,3-6,26-27H2,(H,29,30,31)/b19-10-. The molecule has 12 heteroatoms. The first kappa shape index (κ1) is 24.6.